The molecule has 0 aliphatic rings. The third kappa shape index (κ3) is 2.19. The van der Waals surface area contributed by atoms with Gasteiger partial charge in [-0.05, 0) is 18.6 Å². The standard InChI is InChI=1S/C15H14N2OS/c1-2-7-16-15(18)12-8-11-10-5-3-4-6-13(10)19-14(11)9-17-12/h3-6,8-9H,2,7H2,1H3,(H,16,18). The zero-order valence-electron chi connectivity index (χ0n) is 10.6. The van der Waals surface area contributed by atoms with Gasteiger partial charge in [0.2, 0.25) is 0 Å². The lowest BCUT2D eigenvalue weighted by Crippen LogP contribution is -2.24. The molecule has 0 radical (unpaired) electrons. The summed E-state index contributed by atoms with van der Waals surface area (Å²) in [6.45, 7) is 2.71. The topological polar surface area (TPSA) is 42.0 Å². The Morgan fingerprint density at radius 2 is 2.11 bits per heavy atom. The number of fused-ring (bicyclic) bond motifs is 3. The normalized spacial score (nSPS) is 11.0. The van der Waals surface area contributed by atoms with E-state index in [2.05, 4.69) is 22.4 Å². The van der Waals surface area contributed by atoms with Crippen LogP contribution in [0.3, 0.4) is 0 Å². The second-order valence-corrected chi connectivity index (χ2v) is 5.50. The van der Waals surface area contributed by atoms with Crippen molar-refractivity contribution in [3.05, 3.63) is 42.2 Å². The van der Waals surface area contributed by atoms with Crippen LogP contribution in [0.5, 0.6) is 0 Å². The molecule has 0 saturated heterocycles. The Hall–Kier alpha value is -1.94. The lowest BCUT2D eigenvalue weighted by atomic mass is 10.1. The van der Waals surface area contributed by atoms with E-state index in [4.69, 9.17) is 0 Å². The van der Waals surface area contributed by atoms with Gasteiger partial charge in [0.1, 0.15) is 5.69 Å². The number of carbonyl (C=O) groups excluding carboxylic acids is 1. The van der Waals surface area contributed by atoms with Gasteiger partial charge < -0.3 is 5.32 Å². The molecule has 0 aliphatic heterocycles. The second kappa shape index (κ2) is 4.97. The van der Waals surface area contributed by atoms with Gasteiger partial charge in [-0.15, -0.1) is 11.3 Å². The minimum atomic E-state index is -0.0981. The van der Waals surface area contributed by atoms with Gasteiger partial charge in [-0.2, -0.15) is 0 Å². The van der Waals surface area contributed by atoms with E-state index in [1.54, 1.807) is 17.5 Å². The number of nitrogens with one attached hydrogen (secondary N) is 1. The zero-order valence-corrected chi connectivity index (χ0v) is 11.5. The van der Waals surface area contributed by atoms with Crippen LogP contribution in [0.15, 0.2) is 36.5 Å². The highest BCUT2D eigenvalue weighted by Crippen LogP contribution is 2.33. The van der Waals surface area contributed by atoms with Crippen LogP contribution < -0.4 is 5.32 Å². The molecular weight excluding hydrogens is 256 g/mol. The summed E-state index contributed by atoms with van der Waals surface area (Å²) in [5.41, 5.74) is 0.490. The van der Waals surface area contributed by atoms with Crippen LogP contribution in [0.4, 0.5) is 0 Å². The third-order valence-electron chi connectivity index (χ3n) is 3.03. The Bertz CT molecular complexity index is 748. The monoisotopic (exact) mass is 270 g/mol. The number of carbonyl (C=O) groups is 1. The number of hydrogen-bond donors (Lipinski definition) is 1. The van der Waals surface area contributed by atoms with Crippen molar-refractivity contribution < 1.29 is 4.79 Å². The molecule has 0 saturated carbocycles. The first-order chi connectivity index (χ1) is 9.29. The zero-order chi connectivity index (χ0) is 13.2. The Morgan fingerprint density at radius 3 is 2.95 bits per heavy atom. The second-order valence-electron chi connectivity index (χ2n) is 4.42. The van der Waals surface area contributed by atoms with Crippen LogP contribution in [0, 0.1) is 0 Å². The number of amides is 1. The predicted molar refractivity (Wildman–Crippen MR) is 79.8 cm³/mol. The maximum atomic E-state index is 11.9. The highest BCUT2D eigenvalue weighted by Gasteiger charge is 2.10. The minimum Gasteiger partial charge on any atom is -0.351 e. The molecule has 96 valence electrons. The van der Waals surface area contributed by atoms with Crippen molar-refractivity contribution in [2.45, 2.75) is 13.3 Å². The van der Waals surface area contributed by atoms with Crippen LogP contribution in [0.1, 0.15) is 23.8 Å². The molecule has 1 N–H and O–H groups in total. The lowest BCUT2D eigenvalue weighted by Gasteiger charge is -2.02. The molecule has 0 aliphatic carbocycles. The van der Waals surface area contributed by atoms with Gasteiger partial charge in [0.05, 0.1) is 4.70 Å². The molecule has 0 spiro atoms. The van der Waals surface area contributed by atoms with Crippen LogP contribution in [-0.2, 0) is 0 Å². The van der Waals surface area contributed by atoms with E-state index >= 15 is 0 Å². The van der Waals surface area contributed by atoms with Crippen molar-refractivity contribution in [2.75, 3.05) is 6.54 Å². The first kappa shape index (κ1) is 12.1. The molecule has 0 atom stereocenters. The molecule has 0 fully saturated rings. The molecule has 0 unspecified atom stereocenters. The molecule has 4 heteroatoms. The number of aromatic nitrogens is 1. The van der Waals surface area contributed by atoms with Gasteiger partial charge in [0.25, 0.3) is 5.91 Å². The van der Waals surface area contributed by atoms with Crippen molar-refractivity contribution in [3.8, 4) is 0 Å². The van der Waals surface area contributed by atoms with E-state index in [-0.39, 0.29) is 5.91 Å². The average Bonchev–Trinajstić information content (AvgIpc) is 2.82. The van der Waals surface area contributed by atoms with Gasteiger partial charge in [-0.25, -0.2) is 4.98 Å². The number of nitrogens with zero attached hydrogens (tertiary/aromatic N) is 1. The third-order valence-corrected chi connectivity index (χ3v) is 4.15. The first-order valence-corrected chi connectivity index (χ1v) is 7.16. The Morgan fingerprint density at radius 1 is 1.26 bits per heavy atom. The molecule has 19 heavy (non-hydrogen) atoms. The van der Waals surface area contributed by atoms with Crippen LogP contribution in [0.25, 0.3) is 20.2 Å². The van der Waals surface area contributed by atoms with Gasteiger partial charge in [0, 0.05) is 28.2 Å². The van der Waals surface area contributed by atoms with E-state index < -0.39 is 0 Å². The fourth-order valence-corrected chi connectivity index (χ4v) is 3.14. The van der Waals surface area contributed by atoms with Crippen molar-refractivity contribution in [2.24, 2.45) is 0 Å². The molecule has 3 rings (SSSR count). The Labute approximate surface area is 115 Å². The molecule has 3 nitrogen and oxygen atoms in total. The quantitative estimate of drug-likeness (QED) is 0.790. The highest BCUT2D eigenvalue weighted by atomic mass is 32.1. The number of pyridine rings is 1. The molecule has 1 amide bonds. The minimum absolute atomic E-state index is 0.0981. The lowest BCUT2D eigenvalue weighted by molar-refractivity contribution is 0.0949. The number of hydrogen-bond acceptors (Lipinski definition) is 3. The number of benzene rings is 1. The summed E-state index contributed by atoms with van der Waals surface area (Å²) < 4.78 is 2.35. The molecule has 2 aromatic heterocycles. The average molecular weight is 270 g/mol. The largest absolute Gasteiger partial charge is 0.351 e. The van der Waals surface area contributed by atoms with Gasteiger partial charge in [-0.1, -0.05) is 25.1 Å². The predicted octanol–water partition coefficient (Wildman–Crippen LogP) is 3.59. The van der Waals surface area contributed by atoms with Crippen LogP contribution in [-0.4, -0.2) is 17.4 Å². The van der Waals surface area contributed by atoms with E-state index in [1.807, 2.05) is 25.1 Å². The molecule has 3 aromatic rings. The summed E-state index contributed by atoms with van der Waals surface area (Å²) in [6, 6.07) is 10.1. The molecule has 1 aromatic carbocycles. The molecule has 2 heterocycles. The number of thiophene rings is 1. The highest BCUT2D eigenvalue weighted by molar-refractivity contribution is 7.25. The van der Waals surface area contributed by atoms with Crippen LogP contribution in [0.2, 0.25) is 0 Å². The maximum absolute atomic E-state index is 11.9. The van der Waals surface area contributed by atoms with Crippen LogP contribution >= 0.6 is 11.3 Å². The van der Waals surface area contributed by atoms with Crippen molar-refractivity contribution >= 4 is 37.4 Å². The summed E-state index contributed by atoms with van der Waals surface area (Å²) in [6.07, 6.45) is 2.72. The van der Waals surface area contributed by atoms with E-state index in [0.717, 1.165) is 16.5 Å². The van der Waals surface area contributed by atoms with Crippen molar-refractivity contribution in [1.29, 1.82) is 0 Å². The number of rotatable bonds is 3. The summed E-state index contributed by atoms with van der Waals surface area (Å²) in [7, 11) is 0. The van der Waals surface area contributed by atoms with Crippen molar-refractivity contribution in [3.63, 3.8) is 0 Å². The SMILES string of the molecule is CCCNC(=O)c1cc2c(cn1)sc1ccccc12. The first-order valence-electron chi connectivity index (χ1n) is 6.35. The van der Waals surface area contributed by atoms with Crippen molar-refractivity contribution in [1.82, 2.24) is 10.3 Å². The summed E-state index contributed by atoms with van der Waals surface area (Å²) in [5.74, 6) is -0.0981. The molecule has 0 bridgehead atoms. The summed E-state index contributed by atoms with van der Waals surface area (Å²) in [4.78, 5) is 16.2. The fourth-order valence-electron chi connectivity index (χ4n) is 2.08. The summed E-state index contributed by atoms with van der Waals surface area (Å²) in [5, 5.41) is 5.15. The Balaban J connectivity index is 2.09. The fraction of sp³-hybridized carbons (Fsp3) is 0.200. The Kier molecular flexibility index (Phi) is 3.17. The molecular formula is C15H14N2OS. The van der Waals surface area contributed by atoms with Gasteiger partial charge in [-0.3, -0.25) is 4.79 Å². The van der Waals surface area contributed by atoms with E-state index in [0.29, 0.717) is 12.2 Å². The van der Waals surface area contributed by atoms with Gasteiger partial charge in [0.15, 0.2) is 0 Å². The smallest absolute Gasteiger partial charge is 0.269 e. The van der Waals surface area contributed by atoms with E-state index in [1.165, 1.54) is 10.1 Å². The van der Waals surface area contributed by atoms with E-state index in [9.17, 15) is 4.79 Å². The van der Waals surface area contributed by atoms with Gasteiger partial charge >= 0.3 is 0 Å². The summed E-state index contributed by atoms with van der Waals surface area (Å²) >= 11 is 1.71. The maximum Gasteiger partial charge on any atom is 0.269 e.